The van der Waals surface area contributed by atoms with Crippen molar-refractivity contribution in [3.63, 3.8) is 0 Å². The number of carbonyl (C=O) groups excluding carboxylic acids is 1. The number of nitrogens with zero attached hydrogens (tertiary/aromatic N) is 2. The van der Waals surface area contributed by atoms with Crippen LogP contribution >= 0.6 is 0 Å². The number of hydrogen-bond donors (Lipinski definition) is 0. The van der Waals surface area contributed by atoms with Crippen LogP contribution in [-0.4, -0.2) is 47.2 Å². The van der Waals surface area contributed by atoms with E-state index < -0.39 is 0 Å². The van der Waals surface area contributed by atoms with Gasteiger partial charge in [-0.2, -0.15) is 0 Å². The second kappa shape index (κ2) is 7.03. The van der Waals surface area contributed by atoms with Crippen molar-refractivity contribution < 1.29 is 18.7 Å². The number of pyridine rings is 1. The van der Waals surface area contributed by atoms with E-state index in [4.69, 9.17) is 9.47 Å². The number of carbonyl (C=O) groups is 1. The maximum atomic E-state index is 13.0. The molecule has 2 aliphatic heterocycles. The highest BCUT2D eigenvalue weighted by atomic mass is 19.1. The number of hydrogen-bond acceptors (Lipinski definition) is 4. The van der Waals surface area contributed by atoms with Crippen molar-refractivity contribution in [2.45, 2.75) is 31.0 Å². The van der Waals surface area contributed by atoms with Gasteiger partial charge in [0, 0.05) is 25.1 Å². The lowest BCUT2D eigenvalue weighted by molar-refractivity contribution is -0.193. The van der Waals surface area contributed by atoms with E-state index in [-0.39, 0.29) is 29.9 Å². The zero-order valence-electron chi connectivity index (χ0n) is 14.4. The Morgan fingerprint density at radius 1 is 1.27 bits per heavy atom. The third-order valence-corrected chi connectivity index (χ3v) is 4.95. The molecule has 1 amide bonds. The summed E-state index contributed by atoms with van der Waals surface area (Å²) in [5, 5.41) is 0. The van der Waals surface area contributed by atoms with E-state index >= 15 is 0 Å². The molecule has 26 heavy (non-hydrogen) atoms. The number of amides is 1. The van der Waals surface area contributed by atoms with Crippen LogP contribution in [0.15, 0.2) is 48.7 Å². The smallest absolute Gasteiger partial charge is 0.227 e. The second-order valence-electron chi connectivity index (χ2n) is 6.99. The minimum Gasteiger partial charge on any atom is -0.474 e. The lowest BCUT2D eigenvalue weighted by Crippen LogP contribution is -2.67. The van der Waals surface area contributed by atoms with Gasteiger partial charge in [-0.1, -0.05) is 18.2 Å². The third-order valence-electron chi connectivity index (χ3n) is 4.95. The lowest BCUT2D eigenvalue weighted by atomic mass is 9.84. The number of likely N-dealkylation sites (tertiary alicyclic amines) is 1. The van der Waals surface area contributed by atoms with E-state index in [0.717, 1.165) is 18.4 Å². The van der Waals surface area contributed by atoms with E-state index in [0.29, 0.717) is 25.6 Å². The lowest BCUT2D eigenvalue weighted by Gasteiger charge is -2.52. The standard InChI is InChI=1S/C20H21FN2O3/c21-16-6-4-15(5-7-16)11-19(24)23-13-20(14-23)12-17(8-10-25-20)26-18-3-1-2-9-22-18/h1-7,9,17H,8,10-14H2. The van der Waals surface area contributed by atoms with Crippen LogP contribution in [0.3, 0.4) is 0 Å². The Kier molecular flexibility index (Phi) is 4.59. The molecule has 1 atom stereocenters. The number of halogens is 1. The van der Waals surface area contributed by atoms with Gasteiger partial charge < -0.3 is 14.4 Å². The summed E-state index contributed by atoms with van der Waals surface area (Å²) < 4.78 is 24.9. The first-order chi connectivity index (χ1) is 12.6. The van der Waals surface area contributed by atoms with E-state index in [9.17, 15) is 9.18 Å². The van der Waals surface area contributed by atoms with Crippen molar-refractivity contribution >= 4 is 5.91 Å². The summed E-state index contributed by atoms with van der Waals surface area (Å²) >= 11 is 0. The SMILES string of the molecule is O=C(Cc1ccc(F)cc1)N1CC2(CC(Oc3ccccn3)CCO2)C1. The average molecular weight is 356 g/mol. The van der Waals surface area contributed by atoms with Crippen LogP contribution in [0.4, 0.5) is 4.39 Å². The van der Waals surface area contributed by atoms with Crippen molar-refractivity contribution in [3.05, 3.63) is 60.0 Å². The Bertz CT molecular complexity index is 760. The first-order valence-corrected chi connectivity index (χ1v) is 8.86. The van der Waals surface area contributed by atoms with Gasteiger partial charge in [0.1, 0.15) is 17.5 Å². The van der Waals surface area contributed by atoms with Crippen LogP contribution in [-0.2, 0) is 16.0 Å². The van der Waals surface area contributed by atoms with Gasteiger partial charge in [-0.3, -0.25) is 4.79 Å². The van der Waals surface area contributed by atoms with Gasteiger partial charge in [-0.25, -0.2) is 9.37 Å². The van der Waals surface area contributed by atoms with Crippen LogP contribution < -0.4 is 4.74 Å². The number of rotatable bonds is 4. The summed E-state index contributed by atoms with van der Waals surface area (Å²) in [6, 6.07) is 11.7. The molecule has 0 radical (unpaired) electrons. The summed E-state index contributed by atoms with van der Waals surface area (Å²) in [4.78, 5) is 18.4. The minimum absolute atomic E-state index is 0.0404. The molecule has 2 aromatic rings. The number of ether oxygens (including phenoxy) is 2. The van der Waals surface area contributed by atoms with Gasteiger partial charge in [-0.05, 0) is 23.8 Å². The zero-order chi connectivity index (χ0) is 18.0. The molecule has 1 spiro atoms. The van der Waals surface area contributed by atoms with Crippen LogP contribution in [0.1, 0.15) is 18.4 Å². The van der Waals surface area contributed by atoms with Crippen molar-refractivity contribution in [1.82, 2.24) is 9.88 Å². The average Bonchev–Trinajstić information content (AvgIpc) is 2.62. The monoisotopic (exact) mass is 356 g/mol. The van der Waals surface area contributed by atoms with Gasteiger partial charge in [0.05, 0.1) is 26.1 Å². The highest BCUT2D eigenvalue weighted by Gasteiger charge is 2.49. The predicted octanol–water partition coefficient (Wildman–Crippen LogP) is 2.60. The van der Waals surface area contributed by atoms with Crippen LogP contribution in [0.2, 0.25) is 0 Å². The molecule has 1 aromatic carbocycles. The molecule has 136 valence electrons. The second-order valence-corrected chi connectivity index (χ2v) is 6.99. The maximum Gasteiger partial charge on any atom is 0.227 e. The summed E-state index contributed by atoms with van der Waals surface area (Å²) in [5.74, 6) is 0.371. The molecule has 6 heteroatoms. The Morgan fingerprint density at radius 2 is 2.08 bits per heavy atom. The fraction of sp³-hybridized carbons (Fsp3) is 0.400. The van der Waals surface area contributed by atoms with E-state index in [2.05, 4.69) is 4.98 Å². The van der Waals surface area contributed by atoms with Crippen LogP contribution in [0, 0.1) is 5.82 Å². The van der Waals surface area contributed by atoms with Gasteiger partial charge in [0.25, 0.3) is 0 Å². The number of benzene rings is 1. The van der Waals surface area contributed by atoms with E-state index in [1.807, 2.05) is 18.2 Å². The Balaban J connectivity index is 1.31. The molecule has 0 bridgehead atoms. The summed E-state index contributed by atoms with van der Waals surface area (Å²) in [6.45, 7) is 1.78. The predicted molar refractivity (Wildman–Crippen MR) is 93.3 cm³/mol. The molecule has 4 rings (SSSR count). The molecule has 3 heterocycles. The first kappa shape index (κ1) is 17.0. The molecule has 2 saturated heterocycles. The topological polar surface area (TPSA) is 51.7 Å². The minimum atomic E-state index is -0.309. The largest absolute Gasteiger partial charge is 0.474 e. The highest BCUT2D eigenvalue weighted by Crippen LogP contribution is 2.35. The first-order valence-electron chi connectivity index (χ1n) is 8.86. The zero-order valence-corrected chi connectivity index (χ0v) is 14.4. The van der Waals surface area contributed by atoms with Crippen LogP contribution in [0.25, 0.3) is 0 Å². The molecule has 5 nitrogen and oxygen atoms in total. The molecule has 2 fully saturated rings. The van der Waals surface area contributed by atoms with E-state index in [1.54, 1.807) is 23.2 Å². The molecule has 2 aliphatic rings. The molecule has 0 aliphatic carbocycles. The van der Waals surface area contributed by atoms with Gasteiger partial charge >= 0.3 is 0 Å². The summed E-state index contributed by atoms with van der Waals surface area (Å²) in [7, 11) is 0. The third kappa shape index (κ3) is 3.70. The number of aromatic nitrogens is 1. The van der Waals surface area contributed by atoms with Crippen molar-refractivity contribution in [2.75, 3.05) is 19.7 Å². The fourth-order valence-electron chi connectivity index (χ4n) is 3.61. The normalized spacial score (nSPS) is 21.3. The van der Waals surface area contributed by atoms with Crippen molar-refractivity contribution in [1.29, 1.82) is 0 Å². The molecular weight excluding hydrogens is 335 g/mol. The van der Waals surface area contributed by atoms with Gasteiger partial charge in [0.15, 0.2) is 0 Å². The summed E-state index contributed by atoms with van der Waals surface area (Å²) in [5.41, 5.74) is 0.508. The van der Waals surface area contributed by atoms with E-state index in [1.165, 1.54) is 12.1 Å². The fourth-order valence-corrected chi connectivity index (χ4v) is 3.61. The van der Waals surface area contributed by atoms with Crippen molar-refractivity contribution in [2.24, 2.45) is 0 Å². The molecule has 1 aromatic heterocycles. The maximum absolute atomic E-state index is 13.0. The quantitative estimate of drug-likeness (QED) is 0.845. The Morgan fingerprint density at radius 3 is 2.81 bits per heavy atom. The van der Waals surface area contributed by atoms with Crippen molar-refractivity contribution in [3.8, 4) is 5.88 Å². The van der Waals surface area contributed by atoms with Gasteiger partial charge in [0.2, 0.25) is 11.8 Å². The Hall–Kier alpha value is -2.47. The highest BCUT2D eigenvalue weighted by molar-refractivity contribution is 5.80. The Labute approximate surface area is 151 Å². The summed E-state index contributed by atoms with van der Waals surface area (Å²) in [6.07, 6.45) is 3.62. The molecule has 0 saturated carbocycles. The van der Waals surface area contributed by atoms with Crippen LogP contribution in [0.5, 0.6) is 5.88 Å². The van der Waals surface area contributed by atoms with Gasteiger partial charge in [-0.15, -0.1) is 0 Å². The molecular formula is C20H21FN2O3. The molecule has 0 N–H and O–H groups in total. The molecule has 1 unspecified atom stereocenters.